The summed E-state index contributed by atoms with van der Waals surface area (Å²) in [5.41, 5.74) is 1.27. The summed E-state index contributed by atoms with van der Waals surface area (Å²) in [7, 11) is 1.72. The second kappa shape index (κ2) is 5.23. The molecule has 0 atom stereocenters. The summed E-state index contributed by atoms with van der Waals surface area (Å²) in [5, 5.41) is 0. The Hall–Kier alpha value is -1.49. The van der Waals surface area contributed by atoms with Crippen LogP contribution in [0, 0.1) is 6.57 Å². The van der Waals surface area contributed by atoms with Gasteiger partial charge in [0.05, 0.1) is 12.5 Å². The van der Waals surface area contributed by atoms with Crippen LogP contribution in [-0.4, -0.2) is 13.7 Å². The minimum Gasteiger partial charge on any atom is -0.496 e. The summed E-state index contributed by atoms with van der Waals surface area (Å²) < 4.78 is 5.47. The zero-order valence-electron chi connectivity index (χ0n) is 10.4. The van der Waals surface area contributed by atoms with Crippen LogP contribution in [0.15, 0.2) is 24.3 Å². The van der Waals surface area contributed by atoms with Crippen molar-refractivity contribution < 1.29 is 4.74 Å². The highest BCUT2D eigenvalue weighted by Crippen LogP contribution is 2.43. The second-order valence-electron chi connectivity index (χ2n) is 4.86. The van der Waals surface area contributed by atoms with Gasteiger partial charge in [-0.2, -0.15) is 0 Å². The molecule has 0 aliphatic heterocycles. The normalized spacial score (nSPS) is 18.4. The molecule has 0 unspecified atom stereocenters. The molecule has 0 spiro atoms. The summed E-state index contributed by atoms with van der Waals surface area (Å²) in [5.74, 6) is 0.943. The maximum atomic E-state index is 7.23. The largest absolute Gasteiger partial charge is 0.496 e. The van der Waals surface area contributed by atoms with Gasteiger partial charge in [0.25, 0.3) is 0 Å². The number of benzene rings is 1. The minimum atomic E-state index is 0.0343. The van der Waals surface area contributed by atoms with Gasteiger partial charge in [0.15, 0.2) is 0 Å². The van der Waals surface area contributed by atoms with Gasteiger partial charge in [0, 0.05) is 5.56 Å². The lowest BCUT2D eigenvalue weighted by Gasteiger charge is -2.34. The van der Waals surface area contributed by atoms with Crippen molar-refractivity contribution in [2.24, 2.45) is 0 Å². The lowest BCUT2D eigenvalue weighted by Crippen LogP contribution is -2.32. The van der Waals surface area contributed by atoms with Gasteiger partial charge in [-0.05, 0) is 18.9 Å². The van der Waals surface area contributed by atoms with E-state index in [1.165, 1.54) is 24.8 Å². The van der Waals surface area contributed by atoms with Crippen LogP contribution in [0.4, 0.5) is 0 Å². The molecule has 1 fully saturated rings. The Morgan fingerprint density at radius 2 is 1.94 bits per heavy atom. The predicted octanol–water partition coefficient (Wildman–Crippen LogP) is 3.82. The molecule has 0 amide bonds. The van der Waals surface area contributed by atoms with Crippen molar-refractivity contribution in [3.8, 4) is 5.75 Å². The van der Waals surface area contributed by atoms with Crippen molar-refractivity contribution in [2.45, 2.75) is 37.5 Å². The molecular formula is C15H19NO. The number of rotatable bonds is 3. The Morgan fingerprint density at radius 1 is 1.24 bits per heavy atom. The molecule has 0 bridgehead atoms. The van der Waals surface area contributed by atoms with Crippen LogP contribution in [0.2, 0.25) is 0 Å². The first-order chi connectivity index (χ1) is 8.32. The summed E-state index contributed by atoms with van der Waals surface area (Å²) in [4.78, 5) is 3.68. The third-order valence-electron chi connectivity index (χ3n) is 3.87. The smallest absolute Gasteiger partial charge is 0.224 e. The molecular weight excluding hydrogens is 210 g/mol. The molecule has 0 radical (unpaired) electrons. The molecule has 90 valence electrons. The monoisotopic (exact) mass is 229 g/mol. The van der Waals surface area contributed by atoms with Crippen LogP contribution in [0.5, 0.6) is 5.75 Å². The average molecular weight is 229 g/mol. The van der Waals surface area contributed by atoms with Crippen LogP contribution >= 0.6 is 0 Å². The fourth-order valence-electron chi connectivity index (χ4n) is 2.98. The van der Waals surface area contributed by atoms with Gasteiger partial charge in [0.2, 0.25) is 6.54 Å². The van der Waals surface area contributed by atoms with Crippen LogP contribution in [0.3, 0.4) is 0 Å². The van der Waals surface area contributed by atoms with E-state index >= 15 is 0 Å². The molecule has 17 heavy (non-hydrogen) atoms. The van der Waals surface area contributed by atoms with E-state index in [1.54, 1.807) is 7.11 Å². The van der Waals surface area contributed by atoms with Crippen LogP contribution < -0.4 is 4.74 Å². The van der Waals surface area contributed by atoms with Gasteiger partial charge in [-0.1, -0.05) is 37.5 Å². The fraction of sp³-hybridized carbons (Fsp3) is 0.533. The van der Waals surface area contributed by atoms with E-state index in [0.29, 0.717) is 6.54 Å². The summed E-state index contributed by atoms with van der Waals surface area (Å²) in [6, 6.07) is 8.19. The Labute approximate surface area is 103 Å². The first-order valence-corrected chi connectivity index (χ1v) is 6.29. The standard InChI is InChI=1S/C15H19NO/c1-16-12-15(10-6-3-7-11-15)13-8-4-5-9-14(13)17-2/h4-5,8-9H,3,6-7,10-12H2,2H3. The number of nitrogens with zero attached hydrogens (tertiary/aromatic N) is 1. The summed E-state index contributed by atoms with van der Waals surface area (Å²) in [6.07, 6.45) is 6.00. The molecule has 0 heterocycles. The quantitative estimate of drug-likeness (QED) is 0.718. The van der Waals surface area contributed by atoms with E-state index in [2.05, 4.69) is 17.0 Å². The van der Waals surface area contributed by atoms with Gasteiger partial charge in [-0.15, -0.1) is 0 Å². The number of methoxy groups -OCH3 is 1. The van der Waals surface area contributed by atoms with Crippen molar-refractivity contribution in [3.05, 3.63) is 41.2 Å². The maximum absolute atomic E-state index is 7.23. The first kappa shape index (κ1) is 12.0. The van der Waals surface area contributed by atoms with Crippen molar-refractivity contribution >= 4 is 0 Å². The molecule has 0 saturated heterocycles. The Balaban J connectivity index is 2.41. The number of hydrogen-bond acceptors (Lipinski definition) is 1. The van der Waals surface area contributed by atoms with Crippen LogP contribution in [-0.2, 0) is 5.41 Å². The second-order valence-corrected chi connectivity index (χ2v) is 4.86. The molecule has 0 N–H and O–H groups in total. The molecule has 2 nitrogen and oxygen atoms in total. The first-order valence-electron chi connectivity index (χ1n) is 6.29. The molecule has 2 rings (SSSR count). The fourth-order valence-corrected chi connectivity index (χ4v) is 2.98. The zero-order valence-corrected chi connectivity index (χ0v) is 10.4. The molecule has 0 aromatic heterocycles. The SMILES string of the molecule is [C-]#[N+]CC1(c2ccccc2OC)CCCCC1. The minimum absolute atomic E-state index is 0.0343. The van der Waals surface area contributed by atoms with Gasteiger partial charge in [-0.3, -0.25) is 0 Å². The predicted molar refractivity (Wildman–Crippen MR) is 69.2 cm³/mol. The maximum Gasteiger partial charge on any atom is 0.224 e. The molecule has 2 heteroatoms. The summed E-state index contributed by atoms with van der Waals surface area (Å²) >= 11 is 0. The van der Waals surface area contributed by atoms with Crippen molar-refractivity contribution in [1.82, 2.24) is 0 Å². The van der Waals surface area contributed by atoms with Gasteiger partial charge in [0.1, 0.15) is 5.75 Å². The van der Waals surface area contributed by atoms with E-state index in [9.17, 15) is 0 Å². The van der Waals surface area contributed by atoms with E-state index in [-0.39, 0.29) is 5.41 Å². The van der Waals surface area contributed by atoms with E-state index in [4.69, 9.17) is 11.3 Å². The third kappa shape index (κ3) is 2.29. The topological polar surface area (TPSA) is 13.6 Å². The number of para-hydroxylation sites is 1. The average Bonchev–Trinajstić information content (AvgIpc) is 2.40. The highest BCUT2D eigenvalue weighted by molar-refractivity contribution is 5.40. The number of ether oxygens (including phenoxy) is 1. The van der Waals surface area contributed by atoms with Gasteiger partial charge >= 0.3 is 0 Å². The Morgan fingerprint density at radius 3 is 2.59 bits per heavy atom. The molecule has 1 aromatic carbocycles. The lowest BCUT2D eigenvalue weighted by atomic mass is 9.69. The molecule has 1 aliphatic carbocycles. The van der Waals surface area contributed by atoms with Gasteiger partial charge < -0.3 is 9.58 Å². The van der Waals surface area contributed by atoms with Crippen molar-refractivity contribution in [3.63, 3.8) is 0 Å². The Bertz CT molecular complexity index is 413. The Kier molecular flexibility index (Phi) is 3.68. The highest BCUT2D eigenvalue weighted by Gasteiger charge is 2.39. The highest BCUT2D eigenvalue weighted by atomic mass is 16.5. The third-order valence-corrected chi connectivity index (χ3v) is 3.87. The van der Waals surface area contributed by atoms with E-state index in [1.807, 2.05) is 12.1 Å². The summed E-state index contributed by atoms with van der Waals surface area (Å²) in [6.45, 7) is 7.82. The van der Waals surface area contributed by atoms with Gasteiger partial charge in [-0.25, -0.2) is 6.57 Å². The zero-order chi connectivity index (χ0) is 12.1. The van der Waals surface area contributed by atoms with Crippen molar-refractivity contribution in [1.29, 1.82) is 0 Å². The molecule has 1 aromatic rings. The van der Waals surface area contributed by atoms with E-state index in [0.717, 1.165) is 18.6 Å². The molecule has 1 aliphatic rings. The molecule has 1 saturated carbocycles. The van der Waals surface area contributed by atoms with E-state index < -0.39 is 0 Å². The van der Waals surface area contributed by atoms with Crippen molar-refractivity contribution in [2.75, 3.05) is 13.7 Å². The van der Waals surface area contributed by atoms with Crippen LogP contribution in [0.1, 0.15) is 37.7 Å². The number of hydrogen-bond donors (Lipinski definition) is 0. The van der Waals surface area contributed by atoms with Crippen LogP contribution in [0.25, 0.3) is 4.85 Å². The lowest BCUT2D eigenvalue weighted by molar-refractivity contribution is 0.299.